The van der Waals surface area contributed by atoms with Gasteiger partial charge in [-0.05, 0) is 56.3 Å². The lowest BCUT2D eigenvalue weighted by Gasteiger charge is -2.12. The predicted octanol–water partition coefficient (Wildman–Crippen LogP) is 7.47. The van der Waals surface area contributed by atoms with E-state index < -0.39 is 0 Å². The summed E-state index contributed by atoms with van der Waals surface area (Å²) in [5.74, 6) is 0. The summed E-state index contributed by atoms with van der Waals surface area (Å²) in [5.41, 5.74) is 2.38. The van der Waals surface area contributed by atoms with Crippen molar-refractivity contribution in [3.05, 3.63) is 96.0 Å². The molecule has 0 saturated heterocycles. The lowest BCUT2D eigenvalue weighted by atomic mass is 9.92. The van der Waals surface area contributed by atoms with Gasteiger partial charge in [-0.3, -0.25) is 0 Å². The summed E-state index contributed by atoms with van der Waals surface area (Å²) in [6, 6.07) is 32.0. The zero-order valence-corrected chi connectivity index (χ0v) is 14.3. The number of rotatable bonds is 1. The molecule has 0 bridgehead atoms. The van der Waals surface area contributed by atoms with Crippen LogP contribution in [0.1, 0.15) is 0 Å². The summed E-state index contributed by atoms with van der Waals surface area (Å²) in [7, 11) is 0. The highest BCUT2D eigenvalue weighted by molar-refractivity contribution is 6.36. The van der Waals surface area contributed by atoms with E-state index in [1.165, 1.54) is 32.5 Å². The Labute approximate surface area is 151 Å². The van der Waals surface area contributed by atoms with Gasteiger partial charge >= 0.3 is 0 Å². The van der Waals surface area contributed by atoms with E-state index >= 15 is 0 Å². The average molecular weight is 339 g/mol. The van der Waals surface area contributed by atoms with Crippen LogP contribution in [0.5, 0.6) is 0 Å². The fraction of sp³-hybridized carbons (Fsp3) is 0. The minimum absolute atomic E-state index is 0.797. The van der Waals surface area contributed by atoms with Gasteiger partial charge in [0.15, 0.2) is 0 Å². The summed E-state index contributed by atoms with van der Waals surface area (Å²) in [5, 5.41) is 8.13. The molecule has 0 fully saturated rings. The van der Waals surface area contributed by atoms with Gasteiger partial charge in [-0.1, -0.05) is 84.4 Å². The quantitative estimate of drug-likeness (QED) is 0.278. The Hall–Kier alpha value is -2.83. The standard InChI is InChI=1S/C24H15Cl/c25-24-15-18(13-16-7-2-4-10-20(16)24)23-14-17-8-1-3-9-19(17)21-11-5-6-12-22(21)23/h1-15H. The maximum absolute atomic E-state index is 6.58. The first-order valence-corrected chi connectivity index (χ1v) is 8.78. The summed E-state index contributed by atoms with van der Waals surface area (Å²) in [6.07, 6.45) is 0. The molecule has 0 aliphatic rings. The van der Waals surface area contributed by atoms with Crippen molar-refractivity contribution < 1.29 is 0 Å². The van der Waals surface area contributed by atoms with Crippen LogP contribution < -0.4 is 0 Å². The first kappa shape index (κ1) is 14.5. The van der Waals surface area contributed by atoms with Crippen LogP contribution in [0.25, 0.3) is 43.4 Å². The molecular formula is C24H15Cl. The van der Waals surface area contributed by atoms with Crippen LogP contribution in [-0.4, -0.2) is 0 Å². The molecule has 0 atom stereocenters. The van der Waals surface area contributed by atoms with Crippen molar-refractivity contribution in [3.63, 3.8) is 0 Å². The number of halogens is 1. The van der Waals surface area contributed by atoms with Crippen molar-refractivity contribution >= 4 is 43.9 Å². The second kappa shape index (κ2) is 5.61. The van der Waals surface area contributed by atoms with Gasteiger partial charge in [-0.2, -0.15) is 0 Å². The Morgan fingerprint density at radius 1 is 0.480 bits per heavy atom. The van der Waals surface area contributed by atoms with Crippen molar-refractivity contribution in [1.29, 1.82) is 0 Å². The van der Waals surface area contributed by atoms with Crippen LogP contribution in [0.3, 0.4) is 0 Å². The molecule has 0 aliphatic carbocycles. The molecule has 0 nitrogen and oxygen atoms in total. The molecule has 5 aromatic carbocycles. The van der Waals surface area contributed by atoms with Gasteiger partial charge in [0, 0.05) is 10.4 Å². The smallest absolute Gasteiger partial charge is 0.0490 e. The molecule has 0 aliphatic heterocycles. The molecule has 25 heavy (non-hydrogen) atoms. The third-order valence-electron chi connectivity index (χ3n) is 4.89. The Balaban J connectivity index is 1.91. The molecule has 0 saturated carbocycles. The normalized spacial score (nSPS) is 11.4. The van der Waals surface area contributed by atoms with Crippen LogP contribution in [0.15, 0.2) is 91.0 Å². The van der Waals surface area contributed by atoms with E-state index in [4.69, 9.17) is 11.6 Å². The number of fused-ring (bicyclic) bond motifs is 4. The van der Waals surface area contributed by atoms with Gasteiger partial charge in [-0.15, -0.1) is 0 Å². The van der Waals surface area contributed by atoms with Crippen molar-refractivity contribution in [1.82, 2.24) is 0 Å². The van der Waals surface area contributed by atoms with E-state index in [2.05, 4.69) is 84.9 Å². The molecule has 5 aromatic rings. The number of benzene rings is 5. The lowest BCUT2D eigenvalue weighted by molar-refractivity contribution is 1.69. The van der Waals surface area contributed by atoms with Gasteiger partial charge in [0.25, 0.3) is 0 Å². The van der Waals surface area contributed by atoms with Gasteiger partial charge in [0.05, 0.1) is 0 Å². The molecule has 118 valence electrons. The highest BCUT2D eigenvalue weighted by Gasteiger charge is 2.10. The van der Waals surface area contributed by atoms with E-state index in [9.17, 15) is 0 Å². The third kappa shape index (κ3) is 2.30. The van der Waals surface area contributed by atoms with Gasteiger partial charge in [0.1, 0.15) is 0 Å². The zero-order chi connectivity index (χ0) is 16.8. The molecule has 0 N–H and O–H groups in total. The van der Waals surface area contributed by atoms with Crippen LogP contribution in [0.4, 0.5) is 0 Å². The maximum atomic E-state index is 6.58. The van der Waals surface area contributed by atoms with Crippen molar-refractivity contribution in [2.24, 2.45) is 0 Å². The minimum Gasteiger partial charge on any atom is -0.0836 e. The molecule has 0 unspecified atom stereocenters. The van der Waals surface area contributed by atoms with E-state index in [1.54, 1.807) is 0 Å². The molecule has 1 heteroatoms. The Bertz CT molecular complexity index is 1250. The van der Waals surface area contributed by atoms with Crippen LogP contribution in [0, 0.1) is 0 Å². The van der Waals surface area contributed by atoms with Crippen LogP contribution >= 0.6 is 11.6 Å². The molecule has 0 aromatic heterocycles. The Morgan fingerprint density at radius 2 is 1.04 bits per heavy atom. The predicted molar refractivity (Wildman–Crippen MR) is 109 cm³/mol. The SMILES string of the molecule is Clc1cc(-c2cc3ccccc3c3ccccc23)cc2ccccc12. The first-order valence-electron chi connectivity index (χ1n) is 8.40. The highest BCUT2D eigenvalue weighted by Crippen LogP contribution is 2.37. The second-order valence-electron chi connectivity index (χ2n) is 6.37. The van der Waals surface area contributed by atoms with E-state index in [0.29, 0.717) is 0 Å². The van der Waals surface area contributed by atoms with Gasteiger partial charge in [-0.25, -0.2) is 0 Å². The average Bonchev–Trinajstić information content (AvgIpc) is 2.67. The highest BCUT2D eigenvalue weighted by atomic mass is 35.5. The summed E-state index contributed by atoms with van der Waals surface area (Å²) >= 11 is 6.58. The Morgan fingerprint density at radius 3 is 1.80 bits per heavy atom. The van der Waals surface area contributed by atoms with E-state index in [0.717, 1.165) is 16.0 Å². The lowest BCUT2D eigenvalue weighted by Crippen LogP contribution is -1.85. The summed E-state index contributed by atoms with van der Waals surface area (Å²) in [6.45, 7) is 0. The zero-order valence-electron chi connectivity index (χ0n) is 13.5. The van der Waals surface area contributed by atoms with E-state index in [-0.39, 0.29) is 0 Å². The van der Waals surface area contributed by atoms with Crippen molar-refractivity contribution in [3.8, 4) is 11.1 Å². The minimum atomic E-state index is 0.797. The molecule has 0 amide bonds. The summed E-state index contributed by atoms with van der Waals surface area (Å²) in [4.78, 5) is 0. The van der Waals surface area contributed by atoms with Crippen LogP contribution in [-0.2, 0) is 0 Å². The third-order valence-corrected chi connectivity index (χ3v) is 5.20. The van der Waals surface area contributed by atoms with Crippen LogP contribution in [0.2, 0.25) is 5.02 Å². The first-order chi connectivity index (χ1) is 12.3. The Kier molecular flexibility index (Phi) is 3.26. The molecule has 0 heterocycles. The fourth-order valence-corrected chi connectivity index (χ4v) is 4.00. The topological polar surface area (TPSA) is 0 Å². The molecular weight excluding hydrogens is 324 g/mol. The summed E-state index contributed by atoms with van der Waals surface area (Å²) < 4.78 is 0. The van der Waals surface area contributed by atoms with Crippen molar-refractivity contribution in [2.75, 3.05) is 0 Å². The van der Waals surface area contributed by atoms with Gasteiger partial charge < -0.3 is 0 Å². The monoisotopic (exact) mass is 338 g/mol. The maximum Gasteiger partial charge on any atom is 0.0490 e. The molecule has 5 rings (SSSR count). The second-order valence-corrected chi connectivity index (χ2v) is 6.78. The fourth-order valence-electron chi connectivity index (χ4n) is 3.71. The van der Waals surface area contributed by atoms with Gasteiger partial charge in [0.2, 0.25) is 0 Å². The van der Waals surface area contributed by atoms with Crippen molar-refractivity contribution in [2.45, 2.75) is 0 Å². The number of hydrogen-bond donors (Lipinski definition) is 0. The number of hydrogen-bond acceptors (Lipinski definition) is 0. The molecule has 0 radical (unpaired) electrons. The van der Waals surface area contributed by atoms with E-state index in [1.807, 2.05) is 6.07 Å². The molecule has 0 spiro atoms. The largest absolute Gasteiger partial charge is 0.0836 e.